The number of aromatic nitrogens is 2. The Kier molecular flexibility index (Phi) is 4.16. The number of fused-ring (bicyclic) bond motifs is 1. The Labute approximate surface area is 106 Å². The largest absolute Gasteiger partial charge is 0.329 e. The van der Waals surface area contributed by atoms with E-state index in [1.807, 2.05) is 20.8 Å². The first-order valence-corrected chi connectivity index (χ1v) is 7.51. The molecule has 0 aliphatic rings. The van der Waals surface area contributed by atoms with Crippen molar-refractivity contribution in [3.63, 3.8) is 0 Å². The third-order valence-electron chi connectivity index (χ3n) is 2.09. The second-order valence-corrected chi connectivity index (χ2v) is 5.77. The molecule has 0 aliphatic heterocycles. The molecule has 0 fully saturated rings. The van der Waals surface area contributed by atoms with Gasteiger partial charge in [-0.1, -0.05) is 25.4 Å². The molecular formula is C11H15ClN2O2S. The molecule has 17 heavy (non-hydrogen) atoms. The monoisotopic (exact) mass is 274 g/mol. The van der Waals surface area contributed by atoms with E-state index in [1.165, 1.54) is 0 Å². The number of hydrogen-bond donors (Lipinski definition) is 1. The van der Waals surface area contributed by atoms with Gasteiger partial charge in [-0.05, 0) is 24.6 Å². The van der Waals surface area contributed by atoms with Gasteiger partial charge in [0.2, 0.25) is 15.0 Å². The van der Waals surface area contributed by atoms with Gasteiger partial charge in [-0.3, -0.25) is 0 Å². The minimum atomic E-state index is -3.30. The predicted molar refractivity (Wildman–Crippen MR) is 70.3 cm³/mol. The van der Waals surface area contributed by atoms with Crippen LogP contribution in [0.15, 0.2) is 17.3 Å². The summed E-state index contributed by atoms with van der Waals surface area (Å²) in [4.78, 5) is 6.70. The minimum Gasteiger partial charge on any atom is -0.329 e. The summed E-state index contributed by atoms with van der Waals surface area (Å²) in [6.07, 6.45) is 1.11. The van der Waals surface area contributed by atoms with Crippen molar-refractivity contribution in [2.24, 2.45) is 0 Å². The molecule has 1 aromatic carbocycles. The third-order valence-corrected chi connectivity index (χ3v) is 3.39. The summed E-state index contributed by atoms with van der Waals surface area (Å²) in [5.41, 5.74) is 2.12. The molecule has 0 radical (unpaired) electrons. The minimum absolute atomic E-state index is 0.0285. The van der Waals surface area contributed by atoms with Crippen LogP contribution in [0, 0.1) is 6.92 Å². The maximum atomic E-state index is 11.2. The van der Waals surface area contributed by atoms with E-state index in [0.29, 0.717) is 16.1 Å². The first-order chi connectivity index (χ1) is 7.88. The van der Waals surface area contributed by atoms with Crippen LogP contribution in [0.3, 0.4) is 0 Å². The highest BCUT2D eigenvalue weighted by Gasteiger charge is 2.13. The lowest BCUT2D eigenvalue weighted by atomic mass is 10.2. The summed E-state index contributed by atoms with van der Waals surface area (Å²) in [6.45, 7) is 5.85. The number of rotatable bonds is 1. The SMILES string of the molecule is CC.Cc1cc2[nH]c(S(C)(=O)=O)nc2cc1Cl. The van der Waals surface area contributed by atoms with Gasteiger partial charge in [0.1, 0.15) is 0 Å². The molecule has 1 aromatic heterocycles. The number of H-pyrrole nitrogens is 1. The van der Waals surface area contributed by atoms with Crippen LogP contribution in [0.4, 0.5) is 0 Å². The summed E-state index contributed by atoms with van der Waals surface area (Å²) in [6, 6.07) is 3.43. The van der Waals surface area contributed by atoms with Crippen LogP contribution in [0.5, 0.6) is 0 Å². The van der Waals surface area contributed by atoms with E-state index >= 15 is 0 Å². The van der Waals surface area contributed by atoms with E-state index in [9.17, 15) is 8.42 Å². The Balaban J connectivity index is 0.000000686. The molecule has 4 nitrogen and oxygen atoms in total. The smallest absolute Gasteiger partial charge is 0.225 e. The number of nitrogens with one attached hydrogen (secondary N) is 1. The highest BCUT2D eigenvalue weighted by Crippen LogP contribution is 2.22. The summed E-state index contributed by atoms with van der Waals surface area (Å²) in [7, 11) is -3.30. The van der Waals surface area contributed by atoms with Gasteiger partial charge >= 0.3 is 0 Å². The van der Waals surface area contributed by atoms with Gasteiger partial charge in [0.25, 0.3) is 0 Å². The number of aryl methyl sites for hydroxylation is 1. The molecule has 6 heteroatoms. The van der Waals surface area contributed by atoms with Crippen molar-refractivity contribution in [1.29, 1.82) is 0 Å². The quantitative estimate of drug-likeness (QED) is 0.870. The normalized spacial score (nSPS) is 11.1. The molecule has 0 atom stereocenters. The number of benzene rings is 1. The van der Waals surface area contributed by atoms with Gasteiger partial charge < -0.3 is 4.98 Å². The van der Waals surface area contributed by atoms with Crippen molar-refractivity contribution in [3.8, 4) is 0 Å². The number of sulfone groups is 1. The Morgan fingerprint density at radius 2 is 1.88 bits per heavy atom. The van der Waals surface area contributed by atoms with Crippen LogP contribution in [0.2, 0.25) is 5.02 Å². The first-order valence-electron chi connectivity index (χ1n) is 5.24. The Bertz CT molecular complexity index is 593. The second kappa shape index (κ2) is 5.06. The zero-order valence-electron chi connectivity index (χ0n) is 10.2. The van der Waals surface area contributed by atoms with Crippen molar-refractivity contribution in [2.45, 2.75) is 25.9 Å². The van der Waals surface area contributed by atoms with E-state index in [1.54, 1.807) is 12.1 Å². The van der Waals surface area contributed by atoms with Gasteiger partial charge in [0.15, 0.2) is 0 Å². The number of aromatic amines is 1. The zero-order chi connectivity index (χ0) is 13.2. The third kappa shape index (κ3) is 2.98. The van der Waals surface area contributed by atoms with Crippen LogP contribution in [-0.4, -0.2) is 24.6 Å². The molecule has 0 aliphatic carbocycles. The molecule has 2 rings (SSSR count). The van der Waals surface area contributed by atoms with Crippen molar-refractivity contribution >= 4 is 32.5 Å². The molecule has 0 saturated carbocycles. The summed E-state index contributed by atoms with van der Waals surface area (Å²) < 4.78 is 22.5. The standard InChI is InChI=1S/C9H9ClN2O2S.C2H6/c1-5-3-7-8(4-6(5)10)12-9(11-7)15(2,13)14;1-2/h3-4H,1-2H3,(H,11,12);1-2H3. The van der Waals surface area contributed by atoms with Crippen molar-refractivity contribution in [1.82, 2.24) is 9.97 Å². The van der Waals surface area contributed by atoms with E-state index in [2.05, 4.69) is 9.97 Å². The van der Waals surface area contributed by atoms with Gasteiger partial charge in [-0.2, -0.15) is 0 Å². The van der Waals surface area contributed by atoms with E-state index in [-0.39, 0.29) is 5.16 Å². The maximum absolute atomic E-state index is 11.2. The summed E-state index contributed by atoms with van der Waals surface area (Å²) >= 11 is 5.91. The molecule has 0 unspecified atom stereocenters. The highest BCUT2D eigenvalue weighted by atomic mass is 35.5. The number of imidazole rings is 1. The average Bonchev–Trinajstić information content (AvgIpc) is 2.64. The van der Waals surface area contributed by atoms with Crippen molar-refractivity contribution in [3.05, 3.63) is 22.7 Å². The van der Waals surface area contributed by atoms with E-state index < -0.39 is 9.84 Å². The summed E-state index contributed by atoms with van der Waals surface area (Å²) in [5, 5.41) is 0.549. The maximum Gasteiger partial charge on any atom is 0.225 e. The average molecular weight is 275 g/mol. The van der Waals surface area contributed by atoms with Crippen LogP contribution in [0.1, 0.15) is 19.4 Å². The van der Waals surface area contributed by atoms with Crippen LogP contribution in [-0.2, 0) is 9.84 Å². The van der Waals surface area contributed by atoms with E-state index in [0.717, 1.165) is 11.8 Å². The molecule has 0 bridgehead atoms. The fourth-order valence-corrected chi connectivity index (χ4v) is 2.01. The molecule has 1 heterocycles. The van der Waals surface area contributed by atoms with Crippen LogP contribution < -0.4 is 0 Å². The predicted octanol–water partition coefficient (Wildman–Crippen LogP) is 2.95. The van der Waals surface area contributed by atoms with Crippen molar-refractivity contribution in [2.75, 3.05) is 6.26 Å². The second-order valence-electron chi connectivity index (χ2n) is 3.43. The lowest BCUT2D eigenvalue weighted by Gasteiger charge is -1.95. The fraction of sp³-hybridized carbons (Fsp3) is 0.364. The highest BCUT2D eigenvalue weighted by molar-refractivity contribution is 7.90. The van der Waals surface area contributed by atoms with Gasteiger partial charge in [-0.25, -0.2) is 13.4 Å². The van der Waals surface area contributed by atoms with E-state index in [4.69, 9.17) is 11.6 Å². The molecule has 0 saturated heterocycles. The number of nitrogens with zero attached hydrogens (tertiary/aromatic N) is 1. The number of halogens is 1. The molecule has 0 amide bonds. The topological polar surface area (TPSA) is 62.8 Å². The first kappa shape index (κ1) is 14.0. The van der Waals surface area contributed by atoms with Crippen LogP contribution in [0.25, 0.3) is 11.0 Å². The molecule has 94 valence electrons. The molecule has 2 aromatic rings. The Morgan fingerprint density at radius 3 is 2.41 bits per heavy atom. The van der Waals surface area contributed by atoms with Gasteiger partial charge in [0.05, 0.1) is 11.0 Å². The number of hydrogen-bond acceptors (Lipinski definition) is 3. The van der Waals surface area contributed by atoms with Crippen molar-refractivity contribution < 1.29 is 8.42 Å². The Morgan fingerprint density at radius 1 is 1.29 bits per heavy atom. The summed E-state index contributed by atoms with van der Waals surface area (Å²) in [5.74, 6) is 0. The molecule has 0 spiro atoms. The van der Waals surface area contributed by atoms with Crippen LogP contribution >= 0.6 is 11.6 Å². The molecule has 1 N–H and O–H groups in total. The lowest BCUT2D eigenvalue weighted by molar-refractivity contribution is 0.595. The fourth-order valence-electron chi connectivity index (χ4n) is 1.29. The molecular weight excluding hydrogens is 260 g/mol. The zero-order valence-corrected chi connectivity index (χ0v) is 11.8. The Hall–Kier alpha value is -1.07. The lowest BCUT2D eigenvalue weighted by Crippen LogP contribution is -1.98. The van der Waals surface area contributed by atoms with Gasteiger partial charge in [0, 0.05) is 11.3 Å². The van der Waals surface area contributed by atoms with Gasteiger partial charge in [-0.15, -0.1) is 0 Å².